The number of aliphatic hydroxyl groups is 1. The second-order valence-corrected chi connectivity index (χ2v) is 9.40. The highest BCUT2D eigenvalue weighted by Crippen LogP contribution is 2.34. The molecule has 0 spiro atoms. The molecule has 0 unspecified atom stereocenters. The van der Waals surface area contributed by atoms with E-state index in [0.29, 0.717) is 28.4 Å². The molecule has 1 aliphatic heterocycles. The highest BCUT2D eigenvalue weighted by atomic mass is 35.5. The van der Waals surface area contributed by atoms with Gasteiger partial charge in [0, 0.05) is 35.1 Å². The number of rotatable bonds is 5. The summed E-state index contributed by atoms with van der Waals surface area (Å²) in [6, 6.07) is 13.4. The molecule has 1 aliphatic rings. The monoisotopic (exact) mass is 443 g/mol. The third-order valence-electron chi connectivity index (χ3n) is 4.99. The number of halogens is 1. The third kappa shape index (κ3) is 3.81. The molecule has 154 valence electrons. The van der Waals surface area contributed by atoms with Crippen molar-refractivity contribution in [3.63, 3.8) is 0 Å². The number of benzene rings is 2. The molecule has 1 atom stereocenters. The Labute approximate surface area is 178 Å². The number of aliphatic hydroxyl groups excluding tert-OH is 1. The second-order valence-electron chi connectivity index (χ2n) is 7.05. The van der Waals surface area contributed by atoms with Crippen molar-refractivity contribution in [2.75, 3.05) is 12.9 Å². The first-order chi connectivity index (χ1) is 14.3. The SMILES string of the molecule is CS(=O)(=O)c1nccc(-c2ccc3c(c2)C(=O)N([C@@H](CO)c2cccc(Cl)c2)C3)n1. The Bertz CT molecular complexity index is 1250. The van der Waals surface area contributed by atoms with Gasteiger partial charge in [0.1, 0.15) is 0 Å². The molecule has 3 aromatic rings. The highest BCUT2D eigenvalue weighted by molar-refractivity contribution is 7.90. The fraction of sp³-hybridized carbons (Fsp3) is 0.190. The average Bonchev–Trinajstić information content (AvgIpc) is 3.04. The van der Waals surface area contributed by atoms with Gasteiger partial charge in [0.15, 0.2) is 0 Å². The maximum absolute atomic E-state index is 13.1. The average molecular weight is 444 g/mol. The number of carbonyl (C=O) groups excluding carboxylic acids is 1. The van der Waals surface area contributed by atoms with Gasteiger partial charge in [-0.2, -0.15) is 0 Å². The number of hydrogen-bond acceptors (Lipinski definition) is 6. The van der Waals surface area contributed by atoms with Gasteiger partial charge >= 0.3 is 0 Å². The highest BCUT2D eigenvalue weighted by Gasteiger charge is 2.33. The molecule has 0 fully saturated rings. The van der Waals surface area contributed by atoms with Gasteiger partial charge in [0.2, 0.25) is 15.0 Å². The smallest absolute Gasteiger partial charge is 0.255 e. The van der Waals surface area contributed by atoms with E-state index in [0.717, 1.165) is 17.4 Å². The zero-order valence-corrected chi connectivity index (χ0v) is 17.6. The summed E-state index contributed by atoms with van der Waals surface area (Å²) in [5.74, 6) is -0.219. The third-order valence-corrected chi connectivity index (χ3v) is 6.08. The Balaban J connectivity index is 1.68. The predicted molar refractivity (Wildman–Crippen MR) is 112 cm³/mol. The summed E-state index contributed by atoms with van der Waals surface area (Å²) < 4.78 is 23.5. The Kier molecular flexibility index (Phi) is 5.31. The lowest BCUT2D eigenvalue weighted by Gasteiger charge is -2.26. The normalized spacial score (nSPS) is 14.6. The summed E-state index contributed by atoms with van der Waals surface area (Å²) >= 11 is 6.07. The molecule has 2 heterocycles. The van der Waals surface area contributed by atoms with E-state index in [1.54, 1.807) is 41.3 Å². The molecular formula is C21H18ClN3O4S. The van der Waals surface area contributed by atoms with E-state index in [1.165, 1.54) is 6.20 Å². The molecular weight excluding hydrogens is 426 g/mol. The maximum atomic E-state index is 13.1. The number of carbonyl (C=O) groups is 1. The van der Waals surface area contributed by atoms with Crippen LogP contribution in [0, 0.1) is 0 Å². The topological polar surface area (TPSA) is 100 Å². The number of aromatic nitrogens is 2. The van der Waals surface area contributed by atoms with Gasteiger partial charge in [0.05, 0.1) is 18.3 Å². The fourth-order valence-corrected chi connectivity index (χ4v) is 4.23. The van der Waals surface area contributed by atoms with Crippen LogP contribution in [0.15, 0.2) is 59.9 Å². The fourth-order valence-electron chi connectivity index (χ4n) is 3.51. The zero-order chi connectivity index (χ0) is 21.5. The molecule has 9 heteroatoms. The summed E-state index contributed by atoms with van der Waals surface area (Å²) in [7, 11) is -3.55. The summed E-state index contributed by atoms with van der Waals surface area (Å²) in [5, 5.41) is 10.2. The first kappa shape index (κ1) is 20.5. The summed E-state index contributed by atoms with van der Waals surface area (Å²) in [4.78, 5) is 22.6. The summed E-state index contributed by atoms with van der Waals surface area (Å²) in [5.41, 5.74) is 3.08. The van der Waals surface area contributed by atoms with Crippen LogP contribution >= 0.6 is 11.6 Å². The minimum absolute atomic E-state index is 0.219. The van der Waals surface area contributed by atoms with Gasteiger partial charge in [-0.25, -0.2) is 18.4 Å². The zero-order valence-electron chi connectivity index (χ0n) is 16.0. The molecule has 30 heavy (non-hydrogen) atoms. The Morgan fingerprint density at radius 3 is 2.70 bits per heavy atom. The van der Waals surface area contributed by atoms with Crippen LogP contribution in [0.2, 0.25) is 5.02 Å². The Morgan fingerprint density at radius 1 is 1.20 bits per heavy atom. The van der Waals surface area contributed by atoms with Crippen LogP contribution < -0.4 is 0 Å². The van der Waals surface area contributed by atoms with Crippen LogP contribution in [0.3, 0.4) is 0 Å². The van der Waals surface area contributed by atoms with E-state index in [2.05, 4.69) is 9.97 Å². The van der Waals surface area contributed by atoms with Crippen molar-refractivity contribution in [1.29, 1.82) is 0 Å². The van der Waals surface area contributed by atoms with Gasteiger partial charge in [-0.3, -0.25) is 4.79 Å². The molecule has 2 aromatic carbocycles. The molecule has 1 N–H and O–H groups in total. The van der Waals surface area contributed by atoms with Crippen LogP contribution in [0.25, 0.3) is 11.3 Å². The molecule has 7 nitrogen and oxygen atoms in total. The van der Waals surface area contributed by atoms with Crippen molar-refractivity contribution < 1.29 is 18.3 Å². The molecule has 0 radical (unpaired) electrons. The number of nitrogens with zero attached hydrogens (tertiary/aromatic N) is 3. The van der Waals surface area contributed by atoms with E-state index >= 15 is 0 Å². The largest absolute Gasteiger partial charge is 0.394 e. The van der Waals surface area contributed by atoms with Crippen molar-refractivity contribution in [3.05, 3.63) is 76.4 Å². The number of fused-ring (bicyclic) bond motifs is 1. The van der Waals surface area contributed by atoms with E-state index in [4.69, 9.17) is 11.6 Å². The predicted octanol–water partition coefficient (Wildman–Crippen LogP) is 2.89. The van der Waals surface area contributed by atoms with Gasteiger partial charge in [0.25, 0.3) is 5.91 Å². The molecule has 0 saturated heterocycles. The first-order valence-electron chi connectivity index (χ1n) is 9.11. The molecule has 0 bridgehead atoms. The standard InChI is InChI=1S/C21H18ClN3O4S/c1-30(28,29)21-23-8-7-18(24-21)13-5-6-15-11-25(20(27)17(15)10-13)19(12-26)14-3-2-4-16(22)9-14/h2-10,19,26H,11-12H2,1H3/t19-/m0/s1. The summed E-state index contributed by atoms with van der Waals surface area (Å²) in [6.45, 7) is 0.112. The quantitative estimate of drug-likeness (QED) is 0.608. The Hall–Kier alpha value is -2.81. The molecule has 4 rings (SSSR count). The van der Waals surface area contributed by atoms with Crippen LogP contribution in [-0.4, -0.2) is 47.2 Å². The summed E-state index contributed by atoms with van der Waals surface area (Å²) in [6.07, 6.45) is 2.42. The van der Waals surface area contributed by atoms with Gasteiger partial charge < -0.3 is 10.0 Å². The number of sulfone groups is 1. The molecule has 0 saturated carbocycles. The number of amides is 1. The maximum Gasteiger partial charge on any atom is 0.255 e. The van der Waals surface area contributed by atoms with Gasteiger partial charge in [-0.15, -0.1) is 0 Å². The van der Waals surface area contributed by atoms with Crippen molar-refractivity contribution in [2.45, 2.75) is 17.7 Å². The minimum atomic E-state index is -3.55. The molecule has 1 aromatic heterocycles. The molecule has 1 amide bonds. The minimum Gasteiger partial charge on any atom is -0.394 e. The van der Waals surface area contributed by atoms with Crippen LogP contribution in [0.5, 0.6) is 0 Å². The van der Waals surface area contributed by atoms with Crippen molar-refractivity contribution in [3.8, 4) is 11.3 Å². The van der Waals surface area contributed by atoms with E-state index in [9.17, 15) is 18.3 Å². The van der Waals surface area contributed by atoms with Crippen molar-refractivity contribution in [2.24, 2.45) is 0 Å². The van der Waals surface area contributed by atoms with E-state index < -0.39 is 15.9 Å². The van der Waals surface area contributed by atoms with Crippen LogP contribution in [0.1, 0.15) is 27.5 Å². The van der Waals surface area contributed by atoms with Crippen LogP contribution in [0.4, 0.5) is 0 Å². The van der Waals surface area contributed by atoms with Crippen molar-refractivity contribution in [1.82, 2.24) is 14.9 Å². The second kappa shape index (κ2) is 7.79. The first-order valence-corrected chi connectivity index (χ1v) is 11.4. The lowest BCUT2D eigenvalue weighted by atomic mass is 10.0. The Morgan fingerprint density at radius 2 is 2.00 bits per heavy atom. The van der Waals surface area contributed by atoms with E-state index in [-0.39, 0.29) is 17.7 Å². The molecule has 0 aliphatic carbocycles. The lowest BCUT2D eigenvalue weighted by Crippen LogP contribution is -2.31. The number of hydrogen-bond donors (Lipinski definition) is 1. The van der Waals surface area contributed by atoms with Gasteiger partial charge in [-0.05, 0) is 35.4 Å². The van der Waals surface area contributed by atoms with Crippen LogP contribution in [-0.2, 0) is 16.4 Å². The lowest BCUT2D eigenvalue weighted by molar-refractivity contribution is 0.0615. The van der Waals surface area contributed by atoms with E-state index in [1.807, 2.05) is 12.1 Å². The van der Waals surface area contributed by atoms with Crippen molar-refractivity contribution >= 4 is 27.3 Å². The van der Waals surface area contributed by atoms with Gasteiger partial charge in [-0.1, -0.05) is 35.9 Å².